The van der Waals surface area contributed by atoms with Gasteiger partial charge in [-0.25, -0.2) is 4.98 Å². The minimum atomic E-state index is -0.0914. The Balaban J connectivity index is 2.60. The molecule has 0 aliphatic carbocycles. The van der Waals surface area contributed by atoms with Crippen molar-refractivity contribution in [1.82, 2.24) is 15.2 Å². The molecule has 0 saturated heterocycles. The van der Waals surface area contributed by atoms with Gasteiger partial charge in [0.25, 0.3) is 5.91 Å². The summed E-state index contributed by atoms with van der Waals surface area (Å²) in [5, 5.41) is 2.95. The first-order chi connectivity index (χ1) is 9.85. The molecule has 0 atom stereocenters. The van der Waals surface area contributed by atoms with Crippen molar-refractivity contribution < 1.29 is 4.79 Å². The smallest absolute Gasteiger partial charge is 0.251 e. The molecule has 3 N–H and O–H groups in total. The molecule has 0 aliphatic heterocycles. The standard InChI is InChI=1S/C16H28N4O/c1-6-14-9-13(10-15(17)19-14)16(21)18-7-8-20(11(2)3)12(4)5/h9-12H,6-8H2,1-5H3,(H2,17,19)(H,18,21). The molecule has 21 heavy (non-hydrogen) atoms. The summed E-state index contributed by atoms with van der Waals surface area (Å²) in [6.07, 6.45) is 0.764. The van der Waals surface area contributed by atoms with E-state index in [9.17, 15) is 4.79 Å². The van der Waals surface area contributed by atoms with Crippen molar-refractivity contribution in [3.05, 3.63) is 23.4 Å². The summed E-state index contributed by atoms with van der Waals surface area (Å²) in [6, 6.07) is 4.35. The van der Waals surface area contributed by atoms with E-state index in [-0.39, 0.29) is 5.91 Å². The van der Waals surface area contributed by atoms with Crippen molar-refractivity contribution in [1.29, 1.82) is 0 Å². The summed E-state index contributed by atoms with van der Waals surface area (Å²) in [6.45, 7) is 12.1. The number of pyridine rings is 1. The van der Waals surface area contributed by atoms with E-state index in [1.54, 1.807) is 12.1 Å². The Morgan fingerprint density at radius 3 is 2.43 bits per heavy atom. The SMILES string of the molecule is CCc1cc(C(=O)NCCN(C(C)C)C(C)C)cc(N)n1. The van der Waals surface area contributed by atoms with E-state index in [2.05, 4.69) is 42.9 Å². The zero-order chi connectivity index (χ0) is 16.0. The van der Waals surface area contributed by atoms with E-state index >= 15 is 0 Å². The average molecular weight is 292 g/mol. The zero-order valence-corrected chi connectivity index (χ0v) is 13.8. The topological polar surface area (TPSA) is 71.2 Å². The Bertz CT molecular complexity index is 463. The third kappa shape index (κ3) is 5.34. The third-order valence-electron chi connectivity index (χ3n) is 3.50. The van der Waals surface area contributed by atoms with Crippen LogP contribution in [0.2, 0.25) is 0 Å². The molecule has 0 aromatic carbocycles. The van der Waals surface area contributed by atoms with Crippen LogP contribution in [0.5, 0.6) is 0 Å². The molecule has 1 aromatic rings. The number of carbonyl (C=O) groups excluding carboxylic acids is 1. The highest BCUT2D eigenvalue weighted by atomic mass is 16.1. The van der Waals surface area contributed by atoms with Gasteiger partial charge in [-0.15, -0.1) is 0 Å². The van der Waals surface area contributed by atoms with Gasteiger partial charge < -0.3 is 11.1 Å². The molecular weight excluding hydrogens is 264 g/mol. The van der Waals surface area contributed by atoms with Gasteiger partial charge in [-0.3, -0.25) is 9.69 Å². The Kier molecular flexibility index (Phi) is 6.62. The minimum Gasteiger partial charge on any atom is -0.384 e. The lowest BCUT2D eigenvalue weighted by atomic mass is 10.2. The second-order valence-electron chi connectivity index (χ2n) is 5.81. The van der Waals surface area contributed by atoms with Crippen molar-refractivity contribution in [2.24, 2.45) is 0 Å². The Hall–Kier alpha value is -1.62. The minimum absolute atomic E-state index is 0.0914. The van der Waals surface area contributed by atoms with Crippen LogP contribution in [0, 0.1) is 0 Å². The molecule has 118 valence electrons. The van der Waals surface area contributed by atoms with Crippen molar-refractivity contribution >= 4 is 11.7 Å². The maximum absolute atomic E-state index is 12.2. The van der Waals surface area contributed by atoms with Crippen LogP contribution in [-0.4, -0.2) is 41.0 Å². The number of carbonyl (C=O) groups is 1. The lowest BCUT2D eigenvalue weighted by Gasteiger charge is -2.30. The molecule has 0 saturated carbocycles. The van der Waals surface area contributed by atoms with Crippen LogP contribution in [0.3, 0.4) is 0 Å². The third-order valence-corrected chi connectivity index (χ3v) is 3.50. The molecule has 1 aromatic heterocycles. The normalized spacial score (nSPS) is 11.4. The van der Waals surface area contributed by atoms with Gasteiger partial charge in [0.1, 0.15) is 5.82 Å². The number of nitrogens with one attached hydrogen (secondary N) is 1. The van der Waals surface area contributed by atoms with Crippen LogP contribution in [0.15, 0.2) is 12.1 Å². The molecular formula is C16H28N4O. The number of aromatic nitrogens is 1. The largest absolute Gasteiger partial charge is 0.384 e. The summed E-state index contributed by atoms with van der Waals surface area (Å²) < 4.78 is 0. The Morgan fingerprint density at radius 1 is 1.29 bits per heavy atom. The molecule has 1 heterocycles. The number of rotatable bonds is 7. The van der Waals surface area contributed by atoms with Gasteiger partial charge in [0.05, 0.1) is 0 Å². The van der Waals surface area contributed by atoms with Crippen molar-refractivity contribution in [2.45, 2.75) is 53.1 Å². The molecule has 0 aliphatic rings. The predicted molar refractivity (Wildman–Crippen MR) is 87.3 cm³/mol. The summed E-state index contributed by atoms with van der Waals surface area (Å²) in [5.74, 6) is 0.303. The van der Waals surface area contributed by atoms with E-state index in [4.69, 9.17) is 5.73 Å². The maximum atomic E-state index is 12.2. The molecule has 0 unspecified atom stereocenters. The van der Waals surface area contributed by atoms with E-state index in [1.165, 1.54) is 0 Å². The molecule has 1 amide bonds. The lowest BCUT2D eigenvalue weighted by Crippen LogP contribution is -2.42. The highest BCUT2D eigenvalue weighted by molar-refractivity contribution is 5.94. The van der Waals surface area contributed by atoms with Gasteiger partial charge in [0.2, 0.25) is 0 Å². The Labute approximate surface area is 127 Å². The monoisotopic (exact) mass is 292 g/mol. The molecule has 5 heteroatoms. The van der Waals surface area contributed by atoms with E-state index in [1.807, 2.05) is 6.92 Å². The van der Waals surface area contributed by atoms with Crippen LogP contribution in [0.4, 0.5) is 5.82 Å². The van der Waals surface area contributed by atoms with Crippen molar-refractivity contribution in [3.63, 3.8) is 0 Å². The highest BCUT2D eigenvalue weighted by Gasteiger charge is 2.14. The summed E-state index contributed by atoms with van der Waals surface area (Å²) in [7, 11) is 0. The summed E-state index contributed by atoms with van der Waals surface area (Å²) in [5.41, 5.74) is 7.15. The van der Waals surface area contributed by atoms with Gasteiger partial charge in [-0.1, -0.05) is 6.92 Å². The number of nitrogen functional groups attached to an aromatic ring is 1. The zero-order valence-electron chi connectivity index (χ0n) is 13.8. The number of hydrogen-bond donors (Lipinski definition) is 2. The molecule has 1 rings (SSSR count). The number of hydrogen-bond acceptors (Lipinski definition) is 4. The molecule has 5 nitrogen and oxygen atoms in total. The fraction of sp³-hybridized carbons (Fsp3) is 0.625. The van der Waals surface area contributed by atoms with E-state index in [0.717, 1.165) is 18.7 Å². The van der Waals surface area contributed by atoms with Gasteiger partial charge in [-0.05, 0) is 46.2 Å². The summed E-state index contributed by atoms with van der Waals surface area (Å²) in [4.78, 5) is 18.7. The van der Waals surface area contributed by atoms with E-state index in [0.29, 0.717) is 30.0 Å². The fourth-order valence-corrected chi connectivity index (χ4v) is 2.44. The van der Waals surface area contributed by atoms with Crippen LogP contribution in [0.1, 0.15) is 50.7 Å². The number of aryl methyl sites for hydroxylation is 1. The quantitative estimate of drug-likeness (QED) is 0.807. The van der Waals surface area contributed by atoms with Crippen molar-refractivity contribution in [3.8, 4) is 0 Å². The lowest BCUT2D eigenvalue weighted by molar-refractivity contribution is 0.0939. The maximum Gasteiger partial charge on any atom is 0.251 e. The van der Waals surface area contributed by atoms with Crippen molar-refractivity contribution in [2.75, 3.05) is 18.8 Å². The predicted octanol–water partition coefficient (Wildman–Crippen LogP) is 2.07. The van der Waals surface area contributed by atoms with Gasteiger partial charge >= 0.3 is 0 Å². The second kappa shape index (κ2) is 7.98. The molecule has 0 spiro atoms. The van der Waals surface area contributed by atoms with Gasteiger partial charge in [0.15, 0.2) is 0 Å². The van der Waals surface area contributed by atoms with Crippen LogP contribution >= 0.6 is 0 Å². The molecule has 0 bridgehead atoms. The molecule has 0 radical (unpaired) electrons. The number of amides is 1. The highest BCUT2D eigenvalue weighted by Crippen LogP contribution is 2.08. The first kappa shape index (κ1) is 17.4. The van der Waals surface area contributed by atoms with E-state index < -0.39 is 0 Å². The van der Waals surface area contributed by atoms with Gasteiger partial charge in [-0.2, -0.15) is 0 Å². The summed E-state index contributed by atoms with van der Waals surface area (Å²) >= 11 is 0. The number of anilines is 1. The second-order valence-corrected chi connectivity index (χ2v) is 5.81. The first-order valence-corrected chi connectivity index (χ1v) is 7.65. The first-order valence-electron chi connectivity index (χ1n) is 7.65. The molecule has 0 fully saturated rings. The number of nitrogens with zero attached hydrogens (tertiary/aromatic N) is 2. The number of nitrogens with two attached hydrogens (primary N) is 1. The Morgan fingerprint density at radius 2 is 1.90 bits per heavy atom. The van der Waals surface area contributed by atoms with Crippen LogP contribution in [0.25, 0.3) is 0 Å². The van der Waals surface area contributed by atoms with Gasteiger partial charge in [0, 0.05) is 36.4 Å². The van der Waals surface area contributed by atoms with Crippen LogP contribution in [-0.2, 0) is 6.42 Å². The fourth-order valence-electron chi connectivity index (χ4n) is 2.44. The van der Waals surface area contributed by atoms with Crippen LogP contribution < -0.4 is 11.1 Å². The average Bonchev–Trinajstić information content (AvgIpc) is 2.41.